The van der Waals surface area contributed by atoms with Crippen molar-refractivity contribution in [1.82, 2.24) is 5.01 Å². The first-order valence-corrected chi connectivity index (χ1v) is 4.77. The highest BCUT2D eigenvalue weighted by Crippen LogP contribution is 2.39. The molecule has 0 aliphatic heterocycles. The van der Waals surface area contributed by atoms with Crippen LogP contribution in [0.3, 0.4) is 0 Å². The van der Waals surface area contributed by atoms with Crippen LogP contribution in [0, 0.1) is 0 Å². The second-order valence-corrected chi connectivity index (χ2v) is 3.18. The van der Waals surface area contributed by atoms with Crippen LogP contribution in [-0.4, -0.2) is 16.5 Å². The van der Waals surface area contributed by atoms with Crippen molar-refractivity contribution in [2.45, 2.75) is 39.2 Å². The highest BCUT2D eigenvalue weighted by molar-refractivity contribution is 5.87. The summed E-state index contributed by atoms with van der Waals surface area (Å²) >= 11 is 0. The molecule has 1 rings (SSSR count). The molecule has 5 heteroatoms. The van der Waals surface area contributed by atoms with Gasteiger partial charge in [-0.3, -0.25) is 4.79 Å². The normalized spacial score (nSPS) is 17.9. The van der Waals surface area contributed by atoms with Gasteiger partial charge in [0.2, 0.25) is 5.91 Å². The van der Waals surface area contributed by atoms with Gasteiger partial charge in [-0.05, 0) is 19.8 Å². The minimum absolute atomic E-state index is 0.387. The van der Waals surface area contributed by atoms with Crippen molar-refractivity contribution in [2.75, 3.05) is 0 Å². The SMILES string of the molecule is C/C(N)=C/N(N)C1(C(N)=O)CC1.CC. The maximum Gasteiger partial charge on any atom is 0.244 e. The fourth-order valence-corrected chi connectivity index (χ4v) is 1.09. The molecule has 1 saturated carbocycles. The van der Waals surface area contributed by atoms with Crippen LogP contribution in [0.5, 0.6) is 0 Å². The number of primary amides is 1. The molecule has 0 atom stereocenters. The smallest absolute Gasteiger partial charge is 0.244 e. The summed E-state index contributed by atoms with van der Waals surface area (Å²) in [6.07, 6.45) is 2.95. The van der Waals surface area contributed by atoms with Gasteiger partial charge < -0.3 is 16.5 Å². The fraction of sp³-hybridized carbons (Fsp3) is 0.667. The number of hydrazine groups is 1. The van der Waals surface area contributed by atoms with E-state index in [0.29, 0.717) is 18.5 Å². The summed E-state index contributed by atoms with van der Waals surface area (Å²) in [4.78, 5) is 10.9. The zero-order valence-electron chi connectivity index (χ0n) is 9.08. The van der Waals surface area contributed by atoms with Gasteiger partial charge in [0, 0.05) is 11.9 Å². The van der Waals surface area contributed by atoms with E-state index in [1.165, 1.54) is 11.2 Å². The fourth-order valence-electron chi connectivity index (χ4n) is 1.09. The van der Waals surface area contributed by atoms with Crippen LogP contribution in [0.1, 0.15) is 33.6 Å². The van der Waals surface area contributed by atoms with E-state index in [2.05, 4.69) is 0 Å². The van der Waals surface area contributed by atoms with E-state index >= 15 is 0 Å². The molecule has 5 nitrogen and oxygen atoms in total. The largest absolute Gasteiger partial charge is 0.401 e. The molecule has 14 heavy (non-hydrogen) atoms. The molecule has 0 heterocycles. The molecule has 6 N–H and O–H groups in total. The van der Waals surface area contributed by atoms with Gasteiger partial charge in [0.1, 0.15) is 5.54 Å². The molecular weight excluding hydrogens is 180 g/mol. The van der Waals surface area contributed by atoms with Crippen LogP contribution in [0.15, 0.2) is 11.9 Å². The first-order chi connectivity index (χ1) is 6.49. The summed E-state index contributed by atoms with van der Waals surface area (Å²) in [5, 5.41) is 1.31. The molecule has 1 fully saturated rings. The van der Waals surface area contributed by atoms with Crippen molar-refractivity contribution < 1.29 is 4.79 Å². The minimum Gasteiger partial charge on any atom is -0.401 e. The quantitative estimate of drug-likeness (QED) is 0.442. The number of hydrogen-bond acceptors (Lipinski definition) is 4. The molecule has 1 aliphatic carbocycles. The van der Waals surface area contributed by atoms with Gasteiger partial charge in [-0.15, -0.1) is 0 Å². The van der Waals surface area contributed by atoms with Crippen LogP contribution >= 0.6 is 0 Å². The van der Waals surface area contributed by atoms with Crippen LogP contribution in [0.2, 0.25) is 0 Å². The average molecular weight is 200 g/mol. The third-order valence-corrected chi connectivity index (χ3v) is 2.02. The van der Waals surface area contributed by atoms with Crippen LogP contribution in [0.25, 0.3) is 0 Å². The van der Waals surface area contributed by atoms with Gasteiger partial charge in [0.15, 0.2) is 0 Å². The second-order valence-electron chi connectivity index (χ2n) is 3.18. The topological polar surface area (TPSA) is 98.4 Å². The molecule has 0 aromatic rings. The lowest BCUT2D eigenvalue weighted by atomic mass is 10.2. The second kappa shape index (κ2) is 4.85. The van der Waals surface area contributed by atoms with E-state index in [-0.39, 0.29) is 5.91 Å². The molecule has 0 unspecified atom stereocenters. The molecular formula is C9H20N4O. The van der Waals surface area contributed by atoms with Gasteiger partial charge in [0.25, 0.3) is 0 Å². The van der Waals surface area contributed by atoms with Crippen molar-refractivity contribution in [3.63, 3.8) is 0 Å². The van der Waals surface area contributed by atoms with Gasteiger partial charge in [-0.1, -0.05) is 13.8 Å². The standard InChI is InChI=1S/C7H14N4O.C2H6/c1-5(8)4-11(10)7(2-3-7)6(9)12;1-2/h4H,2-3,8,10H2,1H3,(H2,9,12);1-2H3/b5-4-;. The Bertz CT molecular complexity index is 229. The predicted molar refractivity (Wildman–Crippen MR) is 56.5 cm³/mol. The van der Waals surface area contributed by atoms with Crippen molar-refractivity contribution in [2.24, 2.45) is 17.3 Å². The van der Waals surface area contributed by atoms with E-state index in [1.807, 2.05) is 13.8 Å². The Kier molecular flexibility index (Phi) is 4.43. The van der Waals surface area contributed by atoms with Crippen molar-refractivity contribution in [3.05, 3.63) is 11.9 Å². The third kappa shape index (κ3) is 2.63. The Hall–Kier alpha value is -1.23. The maximum absolute atomic E-state index is 10.9. The zero-order chi connectivity index (χ0) is 11.4. The summed E-state index contributed by atoms with van der Waals surface area (Å²) in [7, 11) is 0. The lowest BCUT2D eigenvalue weighted by molar-refractivity contribution is -0.123. The molecule has 0 radical (unpaired) electrons. The molecule has 0 aromatic heterocycles. The summed E-state index contributed by atoms with van der Waals surface area (Å²) < 4.78 is 0. The number of amides is 1. The Labute approximate surface area is 84.9 Å². The predicted octanol–water partition coefficient (Wildman–Crippen LogP) is 0.0262. The number of rotatable bonds is 3. The van der Waals surface area contributed by atoms with E-state index in [4.69, 9.17) is 17.3 Å². The lowest BCUT2D eigenvalue weighted by Crippen LogP contribution is -2.48. The average Bonchev–Trinajstić information content (AvgIpc) is 2.86. The molecule has 0 aromatic carbocycles. The zero-order valence-corrected chi connectivity index (χ0v) is 9.08. The van der Waals surface area contributed by atoms with E-state index < -0.39 is 5.54 Å². The third-order valence-electron chi connectivity index (χ3n) is 2.02. The number of allylic oxidation sites excluding steroid dienone is 1. The first-order valence-electron chi connectivity index (χ1n) is 4.77. The number of nitrogens with zero attached hydrogens (tertiary/aromatic N) is 1. The molecule has 0 spiro atoms. The van der Waals surface area contributed by atoms with E-state index in [0.717, 1.165) is 0 Å². The highest BCUT2D eigenvalue weighted by Gasteiger charge is 2.52. The molecule has 1 aliphatic rings. The summed E-state index contributed by atoms with van der Waals surface area (Å²) in [6.45, 7) is 5.71. The molecule has 82 valence electrons. The summed E-state index contributed by atoms with van der Waals surface area (Å²) in [5.74, 6) is 5.21. The molecule has 0 saturated heterocycles. The van der Waals surface area contributed by atoms with Gasteiger partial charge >= 0.3 is 0 Å². The summed E-state index contributed by atoms with van der Waals surface area (Å²) in [6, 6.07) is 0. The number of carbonyl (C=O) groups is 1. The maximum atomic E-state index is 10.9. The van der Waals surface area contributed by atoms with Crippen LogP contribution < -0.4 is 17.3 Å². The van der Waals surface area contributed by atoms with Crippen molar-refractivity contribution >= 4 is 5.91 Å². The monoisotopic (exact) mass is 200 g/mol. The Morgan fingerprint density at radius 1 is 1.36 bits per heavy atom. The number of hydrogen-bond donors (Lipinski definition) is 3. The highest BCUT2D eigenvalue weighted by atomic mass is 16.2. The molecule has 0 bridgehead atoms. The van der Waals surface area contributed by atoms with Gasteiger partial charge in [0.05, 0.1) is 0 Å². The number of carbonyl (C=O) groups excluding carboxylic acids is 1. The van der Waals surface area contributed by atoms with E-state index in [1.54, 1.807) is 6.92 Å². The van der Waals surface area contributed by atoms with Crippen molar-refractivity contribution in [1.29, 1.82) is 0 Å². The minimum atomic E-state index is -0.666. The van der Waals surface area contributed by atoms with Crippen molar-refractivity contribution in [3.8, 4) is 0 Å². The Morgan fingerprint density at radius 3 is 2.00 bits per heavy atom. The Balaban J connectivity index is 0.000000791. The Morgan fingerprint density at radius 2 is 1.79 bits per heavy atom. The summed E-state index contributed by atoms with van der Waals surface area (Å²) in [5.41, 5.74) is 10.5. The van der Waals surface area contributed by atoms with Gasteiger partial charge in [-0.25, -0.2) is 5.84 Å². The lowest BCUT2D eigenvalue weighted by Gasteiger charge is -2.22. The molecule has 1 amide bonds. The number of nitrogens with two attached hydrogens (primary N) is 3. The van der Waals surface area contributed by atoms with Gasteiger partial charge in [-0.2, -0.15) is 0 Å². The van der Waals surface area contributed by atoms with E-state index in [9.17, 15) is 4.79 Å². The first kappa shape index (κ1) is 12.8. The van der Waals surface area contributed by atoms with Crippen LogP contribution in [0.4, 0.5) is 0 Å². The van der Waals surface area contributed by atoms with Crippen LogP contribution in [-0.2, 0) is 4.79 Å².